The van der Waals surface area contributed by atoms with Crippen molar-refractivity contribution in [3.05, 3.63) is 35.8 Å². The summed E-state index contributed by atoms with van der Waals surface area (Å²) in [6.45, 7) is 0. The van der Waals surface area contributed by atoms with Gasteiger partial charge in [-0.15, -0.1) is 0 Å². The molecule has 0 saturated heterocycles. The molecule has 0 radical (unpaired) electrons. The van der Waals surface area contributed by atoms with Crippen LogP contribution in [0.3, 0.4) is 0 Å². The lowest BCUT2D eigenvalue weighted by Gasteiger charge is -2.03. The van der Waals surface area contributed by atoms with Gasteiger partial charge in [0.25, 0.3) is 0 Å². The molecule has 0 spiro atoms. The van der Waals surface area contributed by atoms with E-state index in [4.69, 9.17) is 5.26 Å². The van der Waals surface area contributed by atoms with Crippen LogP contribution in [-0.2, 0) is 5.41 Å². The highest BCUT2D eigenvalue weighted by molar-refractivity contribution is 5.86. The number of nitrogens with zero attached hydrogens (tertiary/aromatic N) is 1. The number of aromatic nitrogens is 1. The van der Waals surface area contributed by atoms with Crippen LogP contribution in [0.2, 0.25) is 0 Å². The first-order valence-corrected chi connectivity index (χ1v) is 4.94. The molecule has 0 unspecified atom stereocenters. The molecular formula is C12H9FN2. The zero-order valence-electron chi connectivity index (χ0n) is 8.05. The fraction of sp³-hybridized carbons (Fsp3) is 0.250. The van der Waals surface area contributed by atoms with Crippen molar-refractivity contribution in [2.75, 3.05) is 0 Å². The van der Waals surface area contributed by atoms with Crippen LogP contribution in [0.25, 0.3) is 10.9 Å². The van der Waals surface area contributed by atoms with Gasteiger partial charge >= 0.3 is 0 Å². The molecule has 0 aliphatic heterocycles. The van der Waals surface area contributed by atoms with Crippen LogP contribution >= 0.6 is 0 Å². The van der Waals surface area contributed by atoms with Crippen LogP contribution in [0.15, 0.2) is 24.4 Å². The van der Waals surface area contributed by atoms with Gasteiger partial charge in [-0.25, -0.2) is 4.39 Å². The molecule has 15 heavy (non-hydrogen) atoms. The fourth-order valence-corrected chi connectivity index (χ4v) is 2.08. The molecular weight excluding hydrogens is 191 g/mol. The molecule has 1 aliphatic rings. The fourth-order valence-electron chi connectivity index (χ4n) is 2.08. The first-order chi connectivity index (χ1) is 7.27. The summed E-state index contributed by atoms with van der Waals surface area (Å²) in [6.07, 6.45) is 3.44. The van der Waals surface area contributed by atoms with Crippen molar-refractivity contribution in [2.45, 2.75) is 18.3 Å². The second-order valence-corrected chi connectivity index (χ2v) is 4.06. The lowest BCUT2D eigenvalue weighted by Crippen LogP contribution is -2.01. The van der Waals surface area contributed by atoms with E-state index in [1.54, 1.807) is 12.3 Å². The summed E-state index contributed by atoms with van der Waals surface area (Å²) in [4.78, 5) is 3.02. The number of hydrogen-bond acceptors (Lipinski definition) is 1. The monoisotopic (exact) mass is 200 g/mol. The van der Waals surface area contributed by atoms with Gasteiger partial charge < -0.3 is 4.98 Å². The standard InChI is InChI=1S/C12H9FN2/c13-9-2-1-3-10-11(9)8(6-15-10)12(7-14)4-5-12/h1-3,6,15H,4-5H2. The molecule has 3 rings (SSSR count). The van der Waals surface area contributed by atoms with Crippen molar-refractivity contribution in [2.24, 2.45) is 0 Å². The topological polar surface area (TPSA) is 39.6 Å². The van der Waals surface area contributed by atoms with Crippen molar-refractivity contribution < 1.29 is 4.39 Å². The lowest BCUT2D eigenvalue weighted by molar-refractivity contribution is 0.638. The molecule has 1 aliphatic carbocycles. The van der Waals surface area contributed by atoms with E-state index in [-0.39, 0.29) is 5.82 Å². The molecule has 2 aromatic rings. The van der Waals surface area contributed by atoms with E-state index in [1.807, 2.05) is 6.07 Å². The van der Waals surface area contributed by atoms with E-state index < -0.39 is 5.41 Å². The average molecular weight is 200 g/mol. The number of aromatic amines is 1. The predicted molar refractivity (Wildman–Crippen MR) is 54.8 cm³/mol. The van der Waals surface area contributed by atoms with Crippen molar-refractivity contribution in [1.29, 1.82) is 5.26 Å². The lowest BCUT2D eigenvalue weighted by atomic mass is 9.97. The van der Waals surface area contributed by atoms with Crippen LogP contribution in [0, 0.1) is 17.1 Å². The van der Waals surface area contributed by atoms with Crippen molar-refractivity contribution in [1.82, 2.24) is 4.98 Å². The van der Waals surface area contributed by atoms with E-state index in [9.17, 15) is 4.39 Å². The van der Waals surface area contributed by atoms with Crippen molar-refractivity contribution in [3.63, 3.8) is 0 Å². The summed E-state index contributed by atoms with van der Waals surface area (Å²) >= 11 is 0. The minimum absolute atomic E-state index is 0.245. The first kappa shape index (κ1) is 8.49. The third kappa shape index (κ3) is 1.02. The molecule has 3 heteroatoms. The van der Waals surface area contributed by atoms with Crippen LogP contribution in [0.4, 0.5) is 4.39 Å². The summed E-state index contributed by atoms with van der Waals surface area (Å²) in [7, 11) is 0. The zero-order chi connectivity index (χ0) is 10.5. The van der Waals surface area contributed by atoms with Crippen molar-refractivity contribution in [3.8, 4) is 6.07 Å². The van der Waals surface area contributed by atoms with Crippen molar-refractivity contribution >= 4 is 10.9 Å². The smallest absolute Gasteiger partial charge is 0.132 e. The van der Waals surface area contributed by atoms with Gasteiger partial charge in [0.15, 0.2) is 0 Å². The highest BCUT2D eigenvalue weighted by Gasteiger charge is 2.46. The molecule has 2 nitrogen and oxygen atoms in total. The largest absolute Gasteiger partial charge is 0.361 e. The second-order valence-electron chi connectivity index (χ2n) is 4.06. The maximum atomic E-state index is 13.6. The van der Waals surface area contributed by atoms with Crippen LogP contribution in [0.5, 0.6) is 0 Å². The Kier molecular flexibility index (Phi) is 1.47. The highest BCUT2D eigenvalue weighted by Crippen LogP contribution is 2.50. The Hall–Kier alpha value is -1.82. The van der Waals surface area contributed by atoms with E-state index >= 15 is 0 Å². The Labute approximate surface area is 86.3 Å². The average Bonchev–Trinajstić information content (AvgIpc) is 2.92. The van der Waals surface area contributed by atoms with Gasteiger partial charge in [-0.1, -0.05) is 6.07 Å². The SMILES string of the molecule is N#CC1(c2c[nH]c3cccc(F)c23)CC1. The minimum atomic E-state index is -0.430. The second kappa shape index (κ2) is 2.60. The van der Waals surface area contributed by atoms with Gasteiger partial charge in [0.1, 0.15) is 5.82 Å². The Balaban J connectivity index is 2.34. The Bertz CT molecular complexity index is 573. The molecule has 1 saturated carbocycles. The number of rotatable bonds is 1. The maximum Gasteiger partial charge on any atom is 0.132 e. The molecule has 1 N–H and O–H groups in total. The minimum Gasteiger partial charge on any atom is -0.361 e. The molecule has 1 fully saturated rings. The molecule has 74 valence electrons. The van der Waals surface area contributed by atoms with Gasteiger partial charge in [0.05, 0.1) is 11.5 Å². The van der Waals surface area contributed by atoms with Crippen LogP contribution in [0.1, 0.15) is 18.4 Å². The number of nitrogens with one attached hydrogen (secondary N) is 1. The maximum absolute atomic E-state index is 13.6. The van der Waals surface area contributed by atoms with E-state index in [0.717, 1.165) is 23.9 Å². The van der Waals surface area contributed by atoms with E-state index in [1.165, 1.54) is 6.07 Å². The molecule has 1 aromatic heterocycles. The number of fused-ring (bicyclic) bond motifs is 1. The highest BCUT2D eigenvalue weighted by atomic mass is 19.1. The van der Waals surface area contributed by atoms with Gasteiger partial charge in [0.2, 0.25) is 0 Å². The third-order valence-corrected chi connectivity index (χ3v) is 3.13. The molecule has 1 heterocycles. The normalized spacial score (nSPS) is 17.6. The Morgan fingerprint density at radius 3 is 2.87 bits per heavy atom. The summed E-state index contributed by atoms with van der Waals surface area (Å²) < 4.78 is 13.6. The Morgan fingerprint density at radius 2 is 2.20 bits per heavy atom. The summed E-state index contributed by atoms with van der Waals surface area (Å²) in [6, 6.07) is 7.22. The number of benzene rings is 1. The third-order valence-electron chi connectivity index (χ3n) is 3.13. The number of hydrogen-bond donors (Lipinski definition) is 1. The summed E-state index contributed by atoms with van der Waals surface area (Å²) in [5.41, 5.74) is 1.16. The van der Waals surface area contributed by atoms with E-state index in [0.29, 0.717) is 5.39 Å². The number of H-pyrrole nitrogens is 1. The van der Waals surface area contributed by atoms with Crippen LogP contribution in [-0.4, -0.2) is 4.98 Å². The van der Waals surface area contributed by atoms with Gasteiger partial charge in [-0.2, -0.15) is 5.26 Å². The Morgan fingerprint density at radius 1 is 1.40 bits per heavy atom. The number of nitriles is 1. The van der Waals surface area contributed by atoms with Crippen LogP contribution < -0.4 is 0 Å². The summed E-state index contributed by atoms with van der Waals surface area (Å²) in [5.74, 6) is -0.245. The van der Waals surface area contributed by atoms with Gasteiger partial charge in [0, 0.05) is 22.7 Å². The first-order valence-electron chi connectivity index (χ1n) is 4.94. The molecule has 0 amide bonds. The predicted octanol–water partition coefficient (Wildman–Crippen LogP) is 2.86. The molecule has 1 aromatic carbocycles. The quantitative estimate of drug-likeness (QED) is 0.755. The summed E-state index contributed by atoms with van der Waals surface area (Å²) in [5, 5.41) is 9.67. The van der Waals surface area contributed by atoms with Gasteiger partial charge in [-0.3, -0.25) is 0 Å². The van der Waals surface area contributed by atoms with E-state index in [2.05, 4.69) is 11.1 Å². The molecule has 0 bridgehead atoms. The number of halogens is 1. The molecule has 0 atom stereocenters. The zero-order valence-corrected chi connectivity index (χ0v) is 8.05. The van der Waals surface area contributed by atoms with Gasteiger partial charge in [-0.05, 0) is 25.0 Å².